The molecule has 1 fully saturated rings. The summed E-state index contributed by atoms with van der Waals surface area (Å²) < 4.78 is 5.34. The highest BCUT2D eigenvalue weighted by molar-refractivity contribution is 4.98. The molecule has 1 saturated heterocycles. The highest BCUT2D eigenvalue weighted by Gasteiger charge is 2.19. The Bertz CT molecular complexity index is 186. The Labute approximate surface area is 81.0 Å². The molecule has 1 aliphatic heterocycles. The van der Waals surface area contributed by atoms with Gasteiger partial charge in [0, 0.05) is 25.7 Å². The number of ether oxygens (including phenoxy) is 1. The number of hydrogen-bond acceptors (Lipinski definition) is 2. The molecular formula is C11H19NO. The van der Waals surface area contributed by atoms with Crippen LogP contribution in [0.5, 0.6) is 0 Å². The molecule has 0 aliphatic carbocycles. The third-order valence-corrected chi connectivity index (χ3v) is 2.58. The van der Waals surface area contributed by atoms with Crippen molar-refractivity contribution >= 4 is 0 Å². The number of rotatable bonds is 4. The van der Waals surface area contributed by atoms with Gasteiger partial charge in [0.15, 0.2) is 0 Å². The van der Waals surface area contributed by atoms with Crippen molar-refractivity contribution in [1.82, 2.24) is 5.32 Å². The summed E-state index contributed by atoms with van der Waals surface area (Å²) >= 11 is 0. The number of hydrogen-bond donors (Lipinski definition) is 1. The smallest absolute Gasteiger partial charge is 0.0495 e. The molecule has 13 heavy (non-hydrogen) atoms. The van der Waals surface area contributed by atoms with Crippen molar-refractivity contribution in [3.63, 3.8) is 0 Å². The first-order chi connectivity index (χ1) is 6.36. The molecule has 2 unspecified atom stereocenters. The lowest BCUT2D eigenvalue weighted by Crippen LogP contribution is -2.27. The minimum atomic E-state index is 0.541. The maximum absolute atomic E-state index is 5.34. The fourth-order valence-corrected chi connectivity index (χ4v) is 1.70. The standard InChI is InChI=1S/C11H19NO/c1-3-4-5-11(12-2)8-10-6-7-13-9-10/h10-12H,5-9H2,1-2H3. The van der Waals surface area contributed by atoms with Crippen LogP contribution in [0.3, 0.4) is 0 Å². The molecule has 2 heteroatoms. The maximum Gasteiger partial charge on any atom is 0.0495 e. The summed E-state index contributed by atoms with van der Waals surface area (Å²) in [6, 6.07) is 0.541. The molecule has 0 saturated carbocycles. The Kier molecular flexibility index (Phi) is 4.88. The van der Waals surface area contributed by atoms with Gasteiger partial charge in [-0.25, -0.2) is 0 Å². The molecule has 0 spiro atoms. The second-order valence-electron chi connectivity index (χ2n) is 3.58. The van der Waals surface area contributed by atoms with Crippen LogP contribution in [0, 0.1) is 17.8 Å². The van der Waals surface area contributed by atoms with Crippen molar-refractivity contribution in [3.05, 3.63) is 0 Å². The zero-order chi connectivity index (χ0) is 9.52. The monoisotopic (exact) mass is 181 g/mol. The third kappa shape index (κ3) is 3.80. The van der Waals surface area contributed by atoms with Gasteiger partial charge in [0.25, 0.3) is 0 Å². The van der Waals surface area contributed by atoms with Gasteiger partial charge in [-0.3, -0.25) is 0 Å². The Morgan fingerprint density at radius 3 is 3.00 bits per heavy atom. The van der Waals surface area contributed by atoms with E-state index < -0.39 is 0 Å². The van der Waals surface area contributed by atoms with E-state index in [0.717, 1.165) is 25.6 Å². The summed E-state index contributed by atoms with van der Waals surface area (Å²) in [4.78, 5) is 0. The van der Waals surface area contributed by atoms with Crippen LogP contribution in [0.25, 0.3) is 0 Å². The van der Waals surface area contributed by atoms with E-state index in [0.29, 0.717) is 6.04 Å². The van der Waals surface area contributed by atoms with E-state index in [1.807, 2.05) is 14.0 Å². The Morgan fingerprint density at radius 2 is 2.46 bits per heavy atom. The summed E-state index contributed by atoms with van der Waals surface area (Å²) in [5.41, 5.74) is 0. The van der Waals surface area contributed by atoms with Crippen molar-refractivity contribution in [2.24, 2.45) is 5.92 Å². The molecule has 0 bridgehead atoms. The summed E-state index contributed by atoms with van der Waals surface area (Å²) in [5, 5.41) is 3.31. The number of nitrogens with one attached hydrogen (secondary N) is 1. The van der Waals surface area contributed by atoms with E-state index in [1.165, 1.54) is 12.8 Å². The maximum atomic E-state index is 5.34. The minimum Gasteiger partial charge on any atom is -0.381 e. The van der Waals surface area contributed by atoms with Crippen LogP contribution in [0.4, 0.5) is 0 Å². The molecular weight excluding hydrogens is 162 g/mol. The van der Waals surface area contributed by atoms with Crippen molar-refractivity contribution in [3.8, 4) is 11.8 Å². The van der Waals surface area contributed by atoms with E-state index >= 15 is 0 Å². The van der Waals surface area contributed by atoms with Crippen LogP contribution in [0.15, 0.2) is 0 Å². The van der Waals surface area contributed by atoms with Gasteiger partial charge in [-0.1, -0.05) is 0 Å². The SMILES string of the molecule is CC#CCC(CC1CCOC1)NC. The molecule has 1 rings (SSSR count). The molecule has 1 aliphatic rings. The fourth-order valence-electron chi connectivity index (χ4n) is 1.70. The zero-order valence-corrected chi connectivity index (χ0v) is 8.60. The predicted molar refractivity (Wildman–Crippen MR) is 54.5 cm³/mol. The van der Waals surface area contributed by atoms with Gasteiger partial charge in [0.05, 0.1) is 0 Å². The van der Waals surface area contributed by atoms with Gasteiger partial charge in [-0.15, -0.1) is 11.8 Å². The van der Waals surface area contributed by atoms with Crippen LogP contribution in [-0.4, -0.2) is 26.3 Å². The average Bonchev–Trinajstić information content (AvgIpc) is 2.64. The van der Waals surface area contributed by atoms with Gasteiger partial charge in [0.2, 0.25) is 0 Å². The van der Waals surface area contributed by atoms with E-state index in [1.54, 1.807) is 0 Å². The van der Waals surface area contributed by atoms with Crippen LogP contribution < -0.4 is 5.32 Å². The van der Waals surface area contributed by atoms with Crippen LogP contribution in [-0.2, 0) is 4.74 Å². The van der Waals surface area contributed by atoms with Crippen molar-refractivity contribution < 1.29 is 4.74 Å². The quantitative estimate of drug-likeness (QED) is 0.662. The third-order valence-electron chi connectivity index (χ3n) is 2.58. The van der Waals surface area contributed by atoms with Gasteiger partial charge < -0.3 is 10.1 Å². The predicted octanol–water partition coefficient (Wildman–Crippen LogP) is 1.41. The van der Waals surface area contributed by atoms with E-state index in [2.05, 4.69) is 17.2 Å². The van der Waals surface area contributed by atoms with E-state index in [4.69, 9.17) is 4.74 Å². The average molecular weight is 181 g/mol. The Morgan fingerprint density at radius 1 is 1.62 bits per heavy atom. The molecule has 2 atom stereocenters. The van der Waals surface area contributed by atoms with E-state index in [-0.39, 0.29) is 0 Å². The summed E-state index contributed by atoms with van der Waals surface area (Å²) in [7, 11) is 2.01. The van der Waals surface area contributed by atoms with Gasteiger partial charge in [-0.2, -0.15) is 0 Å². The molecule has 74 valence electrons. The summed E-state index contributed by atoms with van der Waals surface area (Å²) in [6.45, 7) is 3.78. The molecule has 0 amide bonds. The Balaban J connectivity index is 2.24. The lowest BCUT2D eigenvalue weighted by atomic mass is 9.97. The molecule has 0 aromatic carbocycles. The van der Waals surface area contributed by atoms with Crippen molar-refractivity contribution in [2.75, 3.05) is 20.3 Å². The first-order valence-electron chi connectivity index (χ1n) is 5.01. The summed E-state index contributed by atoms with van der Waals surface area (Å²) in [5.74, 6) is 6.80. The molecule has 0 radical (unpaired) electrons. The molecule has 0 aromatic heterocycles. The lowest BCUT2D eigenvalue weighted by molar-refractivity contribution is 0.182. The van der Waals surface area contributed by atoms with Gasteiger partial charge in [-0.05, 0) is 32.7 Å². The normalized spacial score (nSPS) is 23.7. The fraction of sp³-hybridized carbons (Fsp3) is 0.818. The van der Waals surface area contributed by atoms with Crippen molar-refractivity contribution in [1.29, 1.82) is 0 Å². The Hall–Kier alpha value is -0.520. The van der Waals surface area contributed by atoms with Crippen LogP contribution in [0.1, 0.15) is 26.2 Å². The molecule has 0 aromatic rings. The van der Waals surface area contributed by atoms with Crippen molar-refractivity contribution in [2.45, 2.75) is 32.2 Å². The largest absolute Gasteiger partial charge is 0.381 e. The second-order valence-corrected chi connectivity index (χ2v) is 3.58. The second kappa shape index (κ2) is 6.01. The highest BCUT2D eigenvalue weighted by atomic mass is 16.5. The lowest BCUT2D eigenvalue weighted by Gasteiger charge is -2.16. The van der Waals surface area contributed by atoms with Gasteiger partial charge >= 0.3 is 0 Å². The minimum absolute atomic E-state index is 0.541. The highest BCUT2D eigenvalue weighted by Crippen LogP contribution is 2.18. The first kappa shape index (κ1) is 10.6. The molecule has 1 N–H and O–H groups in total. The van der Waals surface area contributed by atoms with Crippen LogP contribution in [0.2, 0.25) is 0 Å². The molecule has 1 heterocycles. The molecule has 2 nitrogen and oxygen atoms in total. The topological polar surface area (TPSA) is 21.3 Å². The first-order valence-corrected chi connectivity index (χ1v) is 5.01. The zero-order valence-electron chi connectivity index (χ0n) is 8.60. The summed E-state index contributed by atoms with van der Waals surface area (Å²) in [6.07, 6.45) is 3.38. The van der Waals surface area contributed by atoms with E-state index in [9.17, 15) is 0 Å². The van der Waals surface area contributed by atoms with Crippen LogP contribution >= 0.6 is 0 Å². The van der Waals surface area contributed by atoms with Gasteiger partial charge in [0.1, 0.15) is 0 Å².